The highest BCUT2D eigenvalue weighted by atomic mass is 16.5. The third-order valence-corrected chi connectivity index (χ3v) is 3.81. The highest BCUT2D eigenvalue weighted by Crippen LogP contribution is 2.54. The lowest BCUT2D eigenvalue weighted by Gasteiger charge is -2.02. The number of methoxy groups -OCH3 is 1. The summed E-state index contributed by atoms with van der Waals surface area (Å²) in [6.07, 6.45) is 2.68. The van der Waals surface area contributed by atoms with Crippen molar-refractivity contribution in [2.24, 2.45) is 0 Å². The number of nitrogens with zero attached hydrogens (tertiary/aromatic N) is 2. The van der Waals surface area contributed by atoms with Crippen LogP contribution in [0.2, 0.25) is 0 Å². The van der Waals surface area contributed by atoms with Crippen LogP contribution >= 0.6 is 0 Å². The normalized spacial score (nSPS) is 20.4. The molecule has 2 atom stereocenters. The van der Waals surface area contributed by atoms with Gasteiger partial charge >= 0.3 is 0 Å². The Hall–Kier alpha value is -2.56. The zero-order valence-corrected chi connectivity index (χ0v) is 11.5. The SMILES string of the molecule is COc1ccccc1-c1noc([C@H]2C[C@H]2c2ccco2)n1. The Labute approximate surface area is 121 Å². The quantitative estimate of drug-likeness (QED) is 0.731. The largest absolute Gasteiger partial charge is 0.496 e. The van der Waals surface area contributed by atoms with Gasteiger partial charge in [-0.1, -0.05) is 17.3 Å². The minimum atomic E-state index is 0.257. The van der Waals surface area contributed by atoms with E-state index in [4.69, 9.17) is 13.7 Å². The highest BCUT2D eigenvalue weighted by molar-refractivity contribution is 5.63. The van der Waals surface area contributed by atoms with E-state index in [0.29, 0.717) is 17.6 Å². The van der Waals surface area contributed by atoms with Crippen molar-refractivity contribution in [1.82, 2.24) is 10.1 Å². The van der Waals surface area contributed by atoms with Crippen LogP contribution in [0.1, 0.15) is 29.9 Å². The molecule has 1 aliphatic rings. The molecule has 2 heterocycles. The molecule has 0 aliphatic heterocycles. The third-order valence-electron chi connectivity index (χ3n) is 3.81. The molecule has 0 N–H and O–H groups in total. The topological polar surface area (TPSA) is 61.3 Å². The fourth-order valence-electron chi connectivity index (χ4n) is 2.61. The average molecular weight is 282 g/mol. The molecule has 1 aliphatic carbocycles. The fraction of sp³-hybridized carbons (Fsp3) is 0.250. The first-order valence-corrected chi connectivity index (χ1v) is 6.87. The first-order valence-electron chi connectivity index (χ1n) is 6.87. The number of benzene rings is 1. The number of para-hydroxylation sites is 1. The van der Waals surface area contributed by atoms with E-state index in [1.807, 2.05) is 36.4 Å². The molecule has 0 amide bonds. The van der Waals surface area contributed by atoms with Crippen molar-refractivity contribution in [3.8, 4) is 17.1 Å². The van der Waals surface area contributed by atoms with Crippen molar-refractivity contribution < 1.29 is 13.7 Å². The maximum absolute atomic E-state index is 5.43. The van der Waals surface area contributed by atoms with Crippen LogP contribution in [0.3, 0.4) is 0 Å². The van der Waals surface area contributed by atoms with Crippen molar-refractivity contribution >= 4 is 0 Å². The van der Waals surface area contributed by atoms with Gasteiger partial charge in [-0.15, -0.1) is 0 Å². The third kappa shape index (κ3) is 2.11. The zero-order valence-electron chi connectivity index (χ0n) is 11.5. The number of furan rings is 1. The lowest BCUT2D eigenvalue weighted by atomic mass is 10.2. The van der Waals surface area contributed by atoms with Gasteiger partial charge in [-0.3, -0.25) is 0 Å². The minimum Gasteiger partial charge on any atom is -0.496 e. The van der Waals surface area contributed by atoms with Crippen LogP contribution in [0, 0.1) is 0 Å². The van der Waals surface area contributed by atoms with Crippen LogP contribution in [0.15, 0.2) is 51.6 Å². The molecule has 5 nitrogen and oxygen atoms in total. The summed E-state index contributed by atoms with van der Waals surface area (Å²) in [5.74, 6) is 3.56. The molecule has 3 aromatic rings. The number of rotatable bonds is 4. The molecular formula is C16H14N2O3. The Bertz CT molecular complexity index is 748. The summed E-state index contributed by atoms with van der Waals surface area (Å²) in [6, 6.07) is 11.5. The molecule has 1 aromatic carbocycles. The second kappa shape index (κ2) is 4.77. The van der Waals surface area contributed by atoms with E-state index < -0.39 is 0 Å². The van der Waals surface area contributed by atoms with Gasteiger partial charge in [0.05, 0.1) is 18.9 Å². The first-order chi connectivity index (χ1) is 10.4. The van der Waals surface area contributed by atoms with Crippen LogP contribution < -0.4 is 4.74 Å². The molecule has 2 aromatic heterocycles. The Kier molecular flexibility index (Phi) is 2.77. The molecule has 0 unspecified atom stereocenters. The summed E-state index contributed by atoms with van der Waals surface area (Å²) >= 11 is 0. The summed E-state index contributed by atoms with van der Waals surface area (Å²) in [5.41, 5.74) is 0.838. The van der Waals surface area contributed by atoms with Crippen LogP contribution in [0.25, 0.3) is 11.4 Å². The molecule has 1 saturated carbocycles. The Morgan fingerprint density at radius 1 is 1.14 bits per heavy atom. The highest BCUT2D eigenvalue weighted by Gasteiger charge is 2.45. The van der Waals surface area contributed by atoms with E-state index in [9.17, 15) is 0 Å². The van der Waals surface area contributed by atoms with E-state index in [0.717, 1.165) is 23.5 Å². The second-order valence-corrected chi connectivity index (χ2v) is 5.12. The van der Waals surface area contributed by atoms with Gasteiger partial charge in [0, 0.05) is 11.8 Å². The predicted octanol–water partition coefficient (Wildman–Crippen LogP) is 3.61. The Morgan fingerprint density at radius 2 is 2.05 bits per heavy atom. The molecule has 0 radical (unpaired) electrons. The van der Waals surface area contributed by atoms with Gasteiger partial charge in [-0.05, 0) is 30.7 Å². The van der Waals surface area contributed by atoms with Crippen LogP contribution in [-0.2, 0) is 0 Å². The van der Waals surface area contributed by atoms with Crippen molar-refractivity contribution in [3.63, 3.8) is 0 Å². The summed E-state index contributed by atoms with van der Waals surface area (Å²) in [7, 11) is 1.63. The number of aromatic nitrogens is 2. The van der Waals surface area contributed by atoms with Gasteiger partial charge in [0.2, 0.25) is 11.7 Å². The Balaban J connectivity index is 1.60. The van der Waals surface area contributed by atoms with Gasteiger partial charge in [-0.2, -0.15) is 4.98 Å². The standard InChI is InChI=1S/C16H14N2O3/c1-19-13-6-3-2-5-10(13)15-17-16(21-18-15)12-9-11(12)14-7-4-8-20-14/h2-8,11-12H,9H2,1H3/t11-,12+/m1/s1. The summed E-state index contributed by atoms with van der Waals surface area (Å²) in [6.45, 7) is 0. The molecule has 0 bridgehead atoms. The van der Waals surface area contributed by atoms with Gasteiger partial charge in [-0.25, -0.2) is 0 Å². The monoisotopic (exact) mass is 282 g/mol. The summed E-state index contributed by atoms with van der Waals surface area (Å²) in [4.78, 5) is 4.51. The molecule has 21 heavy (non-hydrogen) atoms. The van der Waals surface area contributed by atoms with Gasteiger partial charge in [0.15, 0.2) is 0 Å². The van der Waals surface area contributed by atoms with Gasteiger partial charge in [0.1, 0.15) is 11.5 Å². The summed E-state index contributed by atoms with van der Waals surface area (Å²) < 4.78 is 16.2. The lowest BCUT2D eigenvalue weighted by molar-refractivity contribution is 0.375. The second-order valence-electron chi connectivity index (χ2n) is 5.12. The van der Waals surface area contributed by atoms with E-state index in [1.165, 1.54) is 0 Å². The molecule has 5 heteroatoms. The maximum atomic E-state index is 5.43. The van der Waals surface area contributed by atoms with Crippen LogP contribution in [-0.4, -0.2) is 17.3 Å². The summed E-state index contributed by atoms with van der Waals surface area (Å²) in [5, 5.41) is 4.08. The fourth-order valence-corrected chi connectivity index (χ4v) is 2.61. The Morgan fingerprint density at radius 3 is 2.86 bits per heavy atom. The molecular weight excluding hydrogens is 268 g/mol. The van der Waals surface area contributed by atoms with Gasteiger partial charge < -0.3 is 13.7 Å². The van der Waals surface area contributed by atoms with Crippen LogP contribution in [0.4, 0.5) is 0 Å². The van der Waals surface area contributed by atoms with E-state index in [-0.39, 0.29) is 5.92 Å². The number of ether oxygens (including phenoxy) is 1. The van der Waals surface area contributed by atoms with Crippen molar-refractivity contribution in [2.45, 2.75) is 18.3 Å². The van der Waals surface area contributed by atoms with E-state index >= 15 is 0 Å². The number of hydrogen-bond donors (Lipinski definition) is 0. The first kappa shape index (κ1) is 12.2. The van der Waals surface area contributed by atoms with E-state index in [1.54, 1.807) is 13.4 Å². The zero-order chi connectivity index (χ0) is 14.2. The molecule has 1 fully saturated rings. The predicted molar refractivity (Wildman–Crippen MR) is 75.1 cm³/mol. The smallest absolute Gasteiger partial charge is 0.230 e. The van der Waals surface area contributed by atoms with Crippen molar-refractivity contribution in [3.05, 3.63) is 54.3 Å². The molecule has 4 rings (SSSR count). The van der Waals surface area contributed by atoms with Crippen molar-refractivity contribution in [2.75, 3.05) is 7.11 Å². The minimum absolute atomic E-state index is 0.257. The molecule has 0 saturated heterocycles. The molecule has 106 valence electrons. The lowest BCUT2D eigenvalue weighted by Crippen LogP contribution is -1.89. The van der Waals surface area contributed by atoms with E-state index in [2.05, 4.69) is 10.1 Å². The number of hydrogen-bond acceptors (Lipinski definition) is 5. The average Bonchev–Trinajstić information content (AvgIpc) is 2.97. The van der Waals surface area contributed by atoms with Crippen molar-refractivity contribution in [1.29, 1.82) is 0 Å². The van der Waals surface area contributed by atoms with Gasteiger partial charge in [0.25, 0.3) is 0 Å². The molecule has 0 spiro atoms. The maximum Gasteiger partial charge on any atom is 0.230 e. The van der Waals surface area contributed by atoms with Crippen LogP contribution in [0.5, 0.6) is 5.75 Å².